The minimum absolute atomic E-state index is 0.0181. The van der Waals surface area contributed by atoms with E-state index in [1.165, 1.54) is 19.2 Å². The number of carbonyl (C=O) groups is 3. The third kappa shape index (κ3) is 3.90. The van der Waals surface area contributed by atoms with Gasteiger partial charge in [0.15, 0.2) is 0 Å². The molecule has 1 aromatic rings. The molecule has 7 nitrogen and oxygen atoms in total. The third-order valence-electron chi connectivity index (χ3n) is 1.67. The standard InChI is InChI=1S/C10H9NO6/c1-6(12)16-5-17-10(15)7-2-3-11-8(4-7)9(13)14/h2-4H,5H2,1H3,(H,13,14). The van der Waals surface area contributed by atoms with Crippen LogP contribution in [0.1, 0.15) is 27.8 Å². The number of hydrogen-bond acceptors (Lipinski definition) is 6. The van der Waals surface area contributed by atoms with Gasteiger partial charge < -0.3 is 14.6 Å². The van der Waals surface area contributed by atoms with E-state index in [0.29, 0.717) is 0 Å². The Morgan fingerprint density at radius 1 is 1.35 bits per heavy atom. The van der Waals surface area contributed by atoms with Gasteiger partial charge in [0.25, 0.3) is 0 Å². The van der Waals surface area contributed by atoms with Crippen molar-refractivity contribution in [1.82, 2.24) is 4.98 Å². The maximum atomic E-state index is 11.4. The molecule has 0 unspecified atom stereocenters. The van der Waals surface area contributed by atoms with E-state index in [1.807, 2.05) is 0 Å². The van der Waals surface area contributed by atoms with E-state index in [4.69, 9.17) is 5.11 Å². The molecular weight excluding hydrogens is 230 g/mol. The maximum Gasteiger partial charge on any atom is 0.354 e. The fourth-order valence-corrected chi connectivity index (χ4v) is 0.924. The van der Waals surface area contributed by atoms with Crippen LogP contribution in [0.2, 0.25) is 0 Å². The maximum absolute atomic E-state index is 11.4. The summed E-state index contributed by atoms with van der Waals surface area (Å²) in [7, 11) is 0. The Kier molecular flexibility index (Phi) is 4.15. The smallest absolute Gasteiger partial charge is 0.354 e. The second kappa shape index (κ2) is 5.59. The van der Waals surface area contributed by atoms with Crippen LogP contribution in [-0.2, 0) is 14.3 Å². The third-order valence-corrected chi connectivity index (χ3v) is 1.67. The van der Waals surface area contributed by atoms with Crippen molar-refractivity contribution in [2.45, 2.75) is 6.92 Å². The van der Waals surface area contributed by atoms with Crippen molar-refractivity contribution < 1.29 is 29.0 Å². The molecule has 0 spiro atoms. The van der Waals surface area contributed by atoms with E-state index in [-0.39, 0.29) is 11.3 Å². The van der Waals surface area contributed by atoms with Gasteiger partial charge in [-0.15, -0.1) is 0 Å². The molecule has 90 valence electrons. The summed E-state index contributed by atoms with van der Waals surface area (Å²) in [6.45, 7) is 0.654. The summed E-state index contributed by atoms with van der Waals surface area (Å²) in [5.74, 6) is -2.63. The Hall–Kier alpha value is -2.44. The Labute approximate surface area is 96.0 Å². The highest BCUT2D eigenvalue weighted by Crippen LogP contribution is 2.04. The van der Waals surface area contributed by atoms with Crippen LogP contribution in [0.3, 0.4) is 0 Å². The lowest BCUT2D eigenvalue weighted by Gasteiger charge is -2.04. The highest BCUT2D eigenvalue weighted by Gasteiger charge is 2.11. The van der Waals surface area contributed by atoms with Gasteiger partial charge in [-0.25, -0.2) is 14.6 Å². The molecule has 0 atom stereocenters. The number of carboxylic acid groups (broad SMARTS) is 1. The lowest BCUT2D eigenvalue weighted by molar-refractivity contribution is -0.149. The molecule has 0 amide bonds. The number of carbonyl (C=O) groups excluding carboxylic acids is 2. The van der Waals surface area contributed by atoms with Crippen molar-refractivity contribution in [1.29, 1.82) is 0 Å². The zero-order chi connectivity index (χ0) is 12.8. The van der Waals surface area contributed by atoms with Gasteiger partial charge >= 0.3 is 17.9 Å². The van der Waals surface area contributed by atoms with Gasteiger partial charge in [-0.3, -0.25) is 4.79 Å². The summed E-state index contributed by atoms with van der Waals surface area (Å²) < 4.78 is 8.97. The number of hydrogen-bond donors (Lipinski definition) is 1. The van der Waals surface area contributed by atoms with E-state index in [0.717, 1.165) is 6.07 Å². The first-order valence-electron chi connectivity index (χ1n) is 4.50. The highest BCUT2D eigenvalue weighted by molar-refractivity contribution is 5.93. The zero-order valence-electron chi connectivity index (χ0n) is 8.87. The number of nitrogens with zero attached hydrogens (tertiary/aromatic N) is 1. The van der Waals surface area contributed by atoms with E-state index in [9.17, 15) is 14.4 Å². The van der Waals surface area contributed by atoms with Gasteiger partial charge in [-0.1, -0.05) is 0 Å². The average molecular weight is 239 g/mol. The quantitative estimate of drug-likeness (QED) is 0.601. The second-order valence-corrected chi connectivity index (χ2v) is 2.92. The normalized spacial score (nSPS) is 9.47. The molecule has 1 aromatic heterocycles. The van der Waals surface area contributed by atoms with Crippen molar-refractivity contribution in [2.75, 3.05) is 6.79 Å². The molecule has 1 rings (SSSR count). The largest absolute Gasteiger partial charge is 0.477 e. The van der Waals surface area contributed by atoms with E-state index in [2.05, 4.69) is 14.5 Å². The molecule has 0 bridgehead atoms. The molecule has 1 heterocycles. The fourth-order valence-electron chi connectivity index (χ4n) is 0.924. The van der Waals surface area contributed by atoms with Gasteiger partial charge in [-0.2, -0.15) is 0 Å². The summed E-state index contributed by atoms with van der Waals surface area (Å²) in [6.07, 6.45) is 1.17. The molecule has 0 radical (unpaired) electrons. The molecule has 7 heteroatoms. The Morgan fingerprint density at radius 3 is 2.65 bits per heavy atom. The zero-order valence-corrected chi connectivity index (χ0v) is 8.87. The molecular formula is C10H9NO6. The molecule has 0 saturated heterocycles. The molecule has 0 aliphatic carbocycles. The lowest BCUT2D eigenvalue weighted by atomic mass is 10.2. The monoisotopic (exact) mass is 239 g/mol. The summed E-state index contributed by atoms with van der Waals surface area (Å²) in [6, 6.07) is 2.36. The molecule has 1 N–H and O–H groups in total. The van der Waals surface area contributed by atoms with Crippen LogP contribution in [0.5, 0.6) is 0 Å². The van der Waals surface area contributed by atoms with E-state index < -0.39 is 24.7 Å². The highest BCUT2D eigenvalue weighted by atomic mass is 16.7. The average Bonchev–Trinajstić information content (AvgIpc) is 2.28. The predicted molar refractivity (Wildman–Crippen MR) is 53.2 cm³/mol. The van der Waals surface area contributed by atoms with Crippen LogP contribution in [-0.4, -0.2) is 34.8 Å². The minimum atomic E-state index is -1.25. The number of carboxylic acids is 1. The van der Waals surface area contributed by atoms with Crippen molar-refractivity contribution in [3.63, 3.8) is 0 Å². The number of esters is 2. The molecule has 0 saturated carbocycles. The van der Waals surface area contributed by atoms with Gasteiger partial charge in [0.05, 0.1) is 5.56 Å². The number of aromatic nitrogens is 1. The van der Waals surface area contributed by atoms with Gasteiger partial charge in [0.1, 0.15) is 5.69 Å². The predicted octanol–water partition coefficient (Wildman–Crippen LogP) is 0.457. The minimum Gasteiger partial charge on any atom is -0.477 e. The summed E-state index contributed by atoms with van der Waals surface area (Å²) >= 11 is 0. The number of rotatable bonds is 4. The lowest BCUT2D eigenvalue weighted by Crippen LogP contribution is -2.12. The Morgan fingerprint density at radius 2 is 2.06 bits per heavy atom. The topological polar surface area (TPSA) is 103 Å². The first-order chi connectivity index (χ1) is 8.00. The molecule has 0 fully saturated rings. The number of pyridine rings is 1. The number of ether oxygens (including phenoxy) is 2. The fraction of sp³-hybridized carbons (Fsp3) is 0.200. The first kappa shape index (κ1) is 12.6. The Balaban J connectivity index is 2.65. The van der Waals surface area contributed by atoms with Crippen LogP contribution in [0.4, 0.5) is 0 Å². The van der Waals surface area contributed by atoms with Crippen molar-refractivity contribution in [2.24, 2.45) is 0 Å². The summed E-state index contributed by atoms with van der Waals surface area (Å²) in [4.78, 5) is 35.9. The van der Waals surface area contributed by atoms with Crippen molar-refractivity contribution >= 4 is 17.9 Å². The van der Waals surface area contributed by atoms with Gasteiger partial charge in [0, 0.05) is 13.1 Å². The van der Waals surface area contributed by atoms with Gasteiger partial charge in [0.2, 0.25) is 6.79 Å². The molecule has 0 aliphatic heterocycles. The molecule has 17 heavy (non-hydrogen) atoms. The summed E-state index contributed by atoms with van der Waals surface area (Å²) in [5.41, 5.74) is -0.253. The van der Waals surface area contributed by atoms with E-state index in [1.54, 1.807) is 0 Å². The molecule has 0 aromatic carbocycles. The van der Waals surface area contributed by atoms with Gasteiger partial charge in [-0.05, 0) is 12.1 Å². The Bertz CT molecular complexity index is 456. The van der Waals surface area contributed by atoms with Crippen LogP contribution >= 0.6 is 0 Å². The first-order valence-corrected chi connectivity index (χ1v) is 4.50. The van der Waals surface area contributed by atoms with E-state index >= 15 is 0 Å². The molecule has 0 aliphatic rings. The van der Waals surface area contributed by atoms with Crippen LogP contribution in [0.25, 0.3) is 0 Å². The second-order valence-electron chi connectivity index (χ2n) is 2.92. The van der Waals surface area contributed by atoms with Crippen LogP contribution in [0.15, 0.2) is 18.3 Å². The number of aromatic carboxylic acids is 1. The van der Waals surface area contributed by atoms with Crippen molar-refractivity contribution in [3.8, 4) is 0 Å². The van der Waals surface area contributed by atoms with Crippen LogP contribution < -0.4 is 0 Å². The summed E-state index contributed by atoms with van der Waals surface area (Å²) in [5, 5.41) is 8.66. The van der Waals surface area contributed by atoms with Crippen LogP contribution in [0, 0.1) is 0 Å². The van der Waals surface area contributed by atoms with Crippen molar-refractivity contribution in [3.05, 3.63) is 29.6 Å². The SMILES string of the molecule is CC(=O)OCOC(=O)c1ccnc(C(=O)O)c1.